The molecule has 1 N–H and O–H groups in total. The van der Waals surface area contributed by atoms with Gasteiger partial charge in [0, 0.05) is 18.2 Å². The first-order valence-electron chi connectivity index (χ1n) is 11.4. The number of fused-ring (bicyclic) bond motifs is 1. The third-order valence-electron chi connectivity index (χ3n) is 5.79. The Hall–Kier alpha value is -4.10. The van der Waals surface area contributed by atoms with E-state index in [1.807, 2.05) is 79.7 Å². The van der Waals surface area contributed by atoms with Crippen molar-refractivity contribution in [3.63, 3.8) is 0 Å². The molecule has 0 spiro atoms. The fraction of sp³-hybridized carbons (Fsp3) is 0.143. The van der Waals surface area contributed by atoms with Crippen LogP contribution in [0.5, 0.6) is 0 Å². The van der Waals surface area contributed by atoms with E-state index in [4.69, 9.17) is 4.98 Å². The molecule has 1 amide bonds. The molecule has 0 aliphatic rings. The molecule has 2 heterocycles. The van der Waals surface area contributed by atoms with Gasteiger partial charge in [-0.05, 0) is 29.3 Å². The molecular formula is C28H24N4O2S. The second-order valence-corrected chi connectivity index (χ2v) is 9.24. The van der Waals surface area contributed by atoms with Gasteiger partial charge < -0.3 is 5.32 Å². The molecule has 0 saturated carbocycles. The summed E-state index contributed by atoms with van der Waals surface area (Å²) < 4.78 is 1.40. The predicted octanol–water partition coefficient (Wildman–Crippen LogP) is 4.85. The van der Waals surface area contributed by atoms with E-state index in [1.54, 1.807) is 17.4 Å². The fourth-order valence-corrected chi connectivity index (χ4v) is 5.09. The van der Waals surface area contributed by atoms with Crippen LogP contribution >= 0.6 is 11.3 Å². The number of benzene rings is 3. The third-order valence-corrected chi connectivity index (χ3v) is 7.02. The number of nitrogens with one attached hydrogen (secondary N) is 1. The Morgan fingerprint density at radius 1 is 0.943 bits per heavy atom. The quantitative estimate of drug-likeness (QED) is 0.361. The Kier molecular flexibility index (Phi) is 6.50. The lowest BCUT2D eigenvalue weighted by Crippen LogP contribution is -2.32. The molecule has 7 heteroatoms. The zero-order chi connectivity index (χ0) is 24.2. The lowest BCUT2D eigenvalue weighted by Gasteiger charge is -2.09. The number of rotatable bonds is 7. The van der Waals surface area contributed by atoms with Crippen molar-refractivity contribution in [3.8, 4) is 21.1 Å². The summed E-state index contributed by atoms with van der Waals surface area (Å²) in [5, 5.41) is 10.6. The molecule has 0 aliphatic heterocycles. The molecule has 0 aliphatic carbocycles. The molecule has 3 aromatic carbocycles. The van der Waals surface area contributed by atoms with Gasteiger partial charge in [-0.15, -0.1) is 11.3 Å². The highest BCUT2D eigenvalue weighted by atomic mass is 32.1. The predicted molar refractivity (Wildman–Crippen MR) is 140 cm³/mol. The van der Waals surface area contributed by atoms with E-state index in [2.05, 4.69) is 10.4 Å². The van der Waals surface area contributed by atoms with Crippen molar-refractivity contribution in [2.75, 3.05) is 6.54 Å². The summed E-state index contributed by atoms with van der Waals surface area (Å²) in [6, 6.07) is 27.2. The molecule has 35 heavy (non-hydrogen) atoms. The maximum Gasteiger partial charge on any atom is 0.266 e. The zero-order valence-corrected chi connectivity index (χ0v) is 20.1. The average Bonchev–Trinajstić information content (AvgIpc) is 3.27. The van der Waals surface area contributed by atoms with E-state index in [1.165, 1.54) is 10.7 Å². The van der Waals surface area contributed by atoms with Crippen LogP contribution < -0.4 is 10.9 Å². The van der Waals surface area contributed by atoms with Crippen LogP contribution in [-0.4, -0.2) is 27.2 Å². The largest absolute Gasteiger partial charge is 0.354 e. The number of carbonyl (C=O) groups is 1. The molecule has 5 rings (SSSR count). The van der Waals surface area contributed by atoms with E-state index in [-0.39, 0.29) is 24.4 Å². The normalized spacial score (nSPS) is 11.0. The Bertz CT molecular complexity index is 1550. The summed E-state index contributed by atoms with van der Waals surface area (Å²) >= 11 is 1.55. The number of thiazole rings is 1. The van der Waals surface area contributed by atoms with Gasteiger partial charge in [-0.25, -0.2) is 9.67 Å². The minimum Gasteiger partial charge on any atom is -0.354 e. The average molecular weight is 481 g/mol. The van der Waals surface area contributed by atoms with Crippen molar-refractivity contribution in [1.82, 2.24) is 20.1 Å². The van der Waals surface area contributed by atoms with E-state index in [9.17, 15) is 9.59 Å². The molecule has 0 bridgehead atoms. The van der Waals surface area contributed by atoms with Crippen LogP contribution in [0.3, 0.4) is 0 Å². The molecule has 0 atom stereocenters. The van der Waals surface area contributed by atoms with Crippen LogP contribution in [0.15, 0.2) is 89.7 Å². The number of aromatic nitrogens is 3. The molecule has 0 saturated heterocycles. The summed E-state index contributed by atoms with van der Waals surface area (Å²) in [5.74, 6) is -0.0867. The Labute approximate surface area is 206 Å². The van der Waals surface area contributed by atoms with E-state index >= 15 is 0 Å². The van der Waals surface area contributed by atoms with Crippen LogP contribution in [0, 0.1) is 6.92 Å². The molecule has 174 valence electrons. The molecule has 0 unspecified atom stereocenters. The van der Waals surface area contributed by atoms with E-state index < -0.39 is 0 Å². The van der Waals surface area contributed by atoms with Gasteiger partial charge in [0.05, 0.1) is 23.5 Å². The number of amides is 1. The SMILES string of the molecule is Cc1nc(-c2ccccc2)sc1-c1ccc(=O)n(CCNC(=O)Cc2cccc3ccccc23)n1. The smallest absolute Gasteiger partial charge is 0.266 e. The minimum absolute atomic E-state index is 0.0867. The van der Waals surface area contributed by atoms with Crippen molar-refractivity contribution < 1.29 is 4.79 Å². The number of carbonyl (C=O) groups excluding carboxylic acids is 1. The van der Waals surface area contributed by atoms with Gasteiger partial charge in [0.1, 0.15) is 10.7 Å². The number of hydrogen-bond acceptors (Lipinski definition) is 5. The number of aryl methyl sites for hydroxylation is 1. The standard InChI is InChI=1S/C28H24N4O2S/c1-19-27(35-28(30-19)21-9-3-2-4-10-21)24-14-15-26(34)32(31-24)17-16-29-25(33)18-22-12-7-11-20-8-5-6-13-23(20)22/h2-15H,16-18H2,1H3,(H,29,33). The Balaban J connectivity index is 1.27. The second kappa shape index (κ2) is 10.0. The summed E-state index contributed by atoms with van der Waals surface area (Å²) in [6.07, 6.45) is 0.284. The minimum atomic E-state index is -0.206. The highest BCUT2D eigenvalue weighted by molar-refractivity contribution is 7.18. The van der Waals surface area contributed by atoms with Gasteiger partial charge in [0.2, 0.25) is 5.91 Å². The van der Waals surface area contributed by atoms with Gasteiger partial charge in [-0.1, -0.05) is 72.8 Å². The molecular weight excluding hydrogens is 456 g/mol. The highest BCUT2D eigenvalue weighted by Crippen LogP contribution is 2.33. The van der Waals surface area contributed by atoms with Crippen LogP contribution in [-0.2, 0) is 17.8 Å². The third kappa shape index (κ3) is 5.05. The monoisotopic (exact) mass is 480 g/mol. The Morgan fingerprint density at radius 3 is 2.57 bits per heavy atom. The van der Waals surface area contributed by atoms with Crippen LogP contribution in [0.25, 0.3) is 31.9 Å². The fourth-order valence-electron chi connectivity index (χ4n) is 4.05. The van der Waals surface area contributed by atoms with Gasteiger partial charge in [-0.2, -0.15) is 5.10 Å². The van der Waals surface area contributed by atoms with E-state index in [0.717, 1.165) is 37.5 Å². The lowest BCUT2D eigenvalue weighted by molar-refractivity contribution is -0.120. The maximum absolute atomic E-state index is 12.6. The summed E-state index contributed by atoms with van der Waals surface area (Å²) in [6.45, 7) is 2.55. The molecule has 2 aromatic heterocycles. The van der Waals surface area contributed by atoms with Crippen LogP contribution in [0.2, 0.25) is 0 Å². The topological polar surface area (TPSA) is 76.9 Å². The first-order chi connectivity index (χ1) is 17.1. The summed E-state index contributed by atoms with van der Waals surface area (Å²) in [5.41, 5.74) is 3.39. The van der Waals surface area contributed by atoms with Crippen LogP contribution in [0.4, 0.5) is 0 Å². The van der Waals surface area contributed by atoms with Crippen molar-refractivity contribution in [1.29, 1.82) is 0 Å². The van der Waals surface area contributed by atoms with Gasteiger partial charge in [-0.3, -0.25) is 9.59 Å². The van der Waals surface area contributed by atoms with Crippen molar-refractivity contribution in [2.45, 2.75) is 19.9 Å². The number of nitrogens with zero attached hydrogens (tertiary/aromatic N) is 3. The van der Waals surface area contributed by atoms with Gasteiger partial charge >= 0.3 is 0 Å². The first kappa shape index (κ1) is 22.7. The van der Waals surface area contributed by atoms with Crippen molar-refractivity contribution >= 4 is 28.0 Å². The maximum atomic E-state index is 12.6. The molecule has 0 radical (unpaired) electrons. The van der Waals surface area contributed by atoms with Gasteiger partial charge in [0.25, 0.3) is 5.56 Å². The van der Waals surface area contributed by atoms with Crippen molar-refractivity contribution in [3.05, 3.63) is 107 Å². The molecule has 5 aromatic rings. The lowest BCUT2D eigenvalue weighted by atomic mass is 10.0. The molecule has 6 nitrogen and oxygen atoms in total. The van der Waals surface area contributed by atoms with Gasteiger partial charge in [0.15, 0.2) is 0 Å². The summed E-state index contributed by atoms with van der Waals surface area (Å²) in [7, 11) is 0. The number of hydrogen-bond donors (Lipinski definition) is 1. The summed E-state index contributed by atoms with van der Waals surface area (Å²) in [4.78, 5) is 30.6. The Morgan fingerprint density at radius 2 is 1.71 bits per heavy atom. The zero-order valence-electron chi connectivity index (χ0n) is 19.3. The second-order valence-electron chi connectivity index (χ2n) is 8.24. The highest BCUT2D eigenvalue weighted by Gasteiger charge is 2.14. The van der Waals surface area contributed by atoms with E-state index in [0.29, 0.717) is 12.2 Å². The van der Waals surface area contributed by atoms with Crippen LogP contribution in [0.1, 0.15) is 11.3 Å². The first-order valence-corrected chi connectivity index (χ1v) is 12.2. The molecule has 0 fully saturated rings. The van der Waals surface area contributed by atoms with Crippen molar-refractivity contribution in [2.24, 2.45) is 0 Å².